The number of aryl methyl sites for hydroxylation is 1. The van der Waals surface area contributed by atoms with Crippen LogP contribution in [0.25, 0.3) is 38.0 Å². The van der Waals surface area contributed by atoms with Gasteiger partial charge in [0.25, 0.3) is 0 Å². The molecular formula is C25H25N2O+. The fraction of sp³-hybridized carbons (Fsp3) is 0.280. The molecule has 0 atom stereocenters. The normalized spacial score (nSPS) is 13.9. The lowest BCUT2D eigenvalue weighted by Crippen LogP contribution is -2.31. The molecule has 0 saturated heterocycles. The van der Waals surface area contributed by atoms with Gasteiger partial charge in [-0.1, -0.05) is 45.0 Å². The number of hydrogen-bond acceptors (Lipinski definition) is 1. The molecule has 0 aliphatic rings. The third-order valence-corrected chi connectivity index (χ3v) is 4.81. The summed E-state index contributed by atoms with van der Waals surface area (Å²) in [6.07, 6.45) is -1.39. The van der Waals surface area contributed by atoms with E-state index in [0.29, 0.717) is 22.4 Å². The molecule has 4 aromatic rings. The van der Waals surface area contributed by atoms with E-state index < -0.39 is 11.8 Å². The fourth-order valence-electron chi connectivity index (χ4n) is 3.58. The summed E-state index contributed by atoms with van der Waals surface area (Å²) in [6, 6.07) is 12.9. The van der Waals surface area contributed by atoms with Gasteiger partial charge in [0.05, 0.1) is 12.1 Å². The molecule has 2 heterocycles. The Labute approximate surface area is 170 Å². The third-order valence-electron chi connectivity index (χ3n) is 4.81. The summed E-state index contributed by atoms with van der Waals surface area (Å²) in [5.41, 5.74) is 4.22. The van der Waals surface area contributed by atoms with E-state index in [1.807, 2.05) is 59.0 Å². The van der Waals surface area contributed by atoms with Crippen LogP contribution < -0.4 is 4.57 Å². The van der Waals surface area contributed by atoms with E-state index in [1.165, 1.54) is 0 Å². The van der Waals surface area contributed by atoms with Crippen LogP contribution in [0.15, 0.2) is 53.1 Å². The topological polar surface area (TPSA) is 21.4 Å². The van der Waals surface area contributed by atoms with Gasteiger partial charge in [0.2, 0.25) is 5.69 Å². The van der Waals surface area contributed by atoms with Gasteiger partial charge >= 0.3 is 0 Å². The SMILES string of the molecule is [2H]c1cc(C([2H])([2H])C(C)(C)C)cc(-c2c(C)ccc3c2oc2cc([N+]#[C-])ccc23)[n+]1C. The molecule has 0 aliphatic carbocycles. The second kappa shape index (κ2) is 6.49. The van der Waals surface area contributed by atoms with E-state index in [0.717, 1.165) is 27.6 Å². The van der Waals surface area contributed by atoms with E-state index in [1.54, 1.807) is 22.8 Å². The van der Waals surface area contributed by atoms with Crippen molar-refractivity contribution in [2.24, 2.45) is 12.5 Å². The summed E-state index contributed by atoms with van der Waals surface area (Å²) < 4.78 is 33.9. The second-order valence-electron chi connectivity index (χ2n) is 8.22. The largest absolute Gasteiger partial charge is 0.456 e. The highest BCUT2D eigenvalue weighted by Gasteiger charge is 2.22. The highest BCUT2D eigenvalue weighted by atomic mass is 16.3. The number of benzene rings is 2. The number of nitrogens with zero attached hydrogens (tertiary/aromatic N) is 2. The Morgan fingerprint density at radius 2 is 1.89 bits per heavy atom. The van der Waals surface area contributed by atoms with Gasteiger partial charge in [-0.15, -0.1) is 0 Å². The van der Waals surface area contributed by atoms with Gasteiger partial charge in [-0.25, -0.2) is 9.41 Å². The first-order valence-electron chi connectivity index (χ1n) is 10.8. The number of fused-ring (bicyclic) bond motifs is 3. The Balaban J connectivity index is 2.07. The summed E-state index contributed by atoms with van der Waals surface area (Å²) in [7, 11) is 1.81. The van der Waals surface area contributed by atoms with Crippen LogP contribution >= 0.6 is 0 Å². The predicted molar refractivity (Wildman–Crippen MR) is 114 cm³/mol. The van der Waals surface area contributed by atoms with Crippen LogP contribution in [0.3, 0.4) is 0 Å². The van der Waals surface area contributed by atoms with Crippen molar-refractivity contribution in [1.29, 1.82) is 0 Å². The van der Waals surface area contributed by atoms with Gasteiger partial charge in [-0.3, -0.25) is 0 Å². The Morgan fingerprint density at radius 3 is 2.61 bits per heavy atom. The summed E-state index contributed by atoms with van der Waals surface area (Å²) in [6.45, 7) is 14.9. The van der Waals surface area contributed by atoms with Crippen LogP contribution in [0.1, 0.15) is 36.0 Å². The van der Waals surface area contributed by atoms with Crippen molar-refractivity contribution in [3.63, 3.8) is 0 Å². The lowest BCUT2D eigenvalue weighted by atomic mass is 9.88. The molecule has 0 unspecified atom stereocenters. The Bertz CT molecular complexity index is 1390. The minimum absolute atomic E-state index is 0.225. The van der Waals surface area contributed by atoms with Crippen molar-refractivity contribution < 1.29 is 13.1 Å². The molecule has 0 radical (unpaired) electrons. The fourth-order valence-corrected chi connectivity index (χ4v) is 3.58. The number of pyridine rings is 1. The summed E-state index contributed by atoms with van der Waals surface area (Å²) in [4.78, 5) is 3.50. The van der Waals surface area contributed by atoms with Gasteiger partial charge in [0.15, 0.2) is 11.9 Å². The van der Waals surface area contributed by atoms with E-state index in [-0.39, 0.29) is 6.17 Å². The number of hydrogen-bond donors (Lipinski definition) is 0. The number of furan rings is 1. The maximum absolute atomic E-state index is 8.72. The first-order chi connectivity index (χ1) is 14.5. The zero-order valence-electron chi connectivity index (χ0n) is 19.8. The third kappa shape index (κ3) is 3.16. The highest BCUT2D eigenvalue weighted by Crippen LogP contribution is 2.38. The maximum Gasteiger partial charge on any atom is 0.216 e. The molecule has 0 bridgehead atoms. The molecule has 2 aromatic heterocycles. The minimum atomic E-state index is -1.62. The smallest absolute Gasteiger partial charge is 0.216 e. The standard InChI is InChI=1S/C25H25N2O/c1-16-7-9-20-19-10-8-18(26-5)14-22(19)28-24(20)23(16)21-13-17(11-12-27(21)6)15-25(2,3)4/h7-14H,15H2,1-4,6H3/q+1/i12D,15D2. The Morgan fingerprint density at radius 1 is 1.14 bits per heavy atom. The van der Waals surface area contributed by atoms with Crippen LogP contribution in [-0.2, 0) is 13.4 Å². The summed E-state index contributed by atoms with van der Waals surface area (Å²) in [5, 5.41) is 1.86. The van der Waals surface area contributed by atoms with Crippen LogP contribution in [-0.4, -0.2) is 0 Å². The molecule has 0 amide bonds. The molecule has 0 fully saturated rings. The second-order valence-corrected chi connectivity index (χ2v) is 8.22. The zero-order chi connectivity index (χ0) is 22.7. The van der Waals surface area contributed by atoms with E-state index in [2.05, 4.69) is 4.85 Å². The van der Waals surface area contributed by atoms with E-state index in [9.17, 15) is 0 Å². The van der Waals surface area contributed by atoms with E-state index in [4.69, 9.17) is 15.1 Å². The van der Waals surface area contributed by atoms with Crippen molar-refractivity contribution >= 4 is 27.6 Å². The molecule has 3 heteroatoms. The molecule has 4 rings (SSSR count). The summed E-state index contributed by atoms with van der Waals surface area (Å²) >= 11 is 0. The van der Waals surface area contributed by atoms with Gasteiger partial charge in [-0.05, 0) is 35.9 Å². The van der Waals surface area contributed by atoms with Crippen molar-refractivity contribution in [2.75, 3.05) is 0 Å². The lowest BCUT2D eigenvalue weighted by molar-refractivity contribution is -0.660. The first-order valence-corrected chi connectivity index (χ1v) is 9.30. The molecule has 140 valence electrons. The molecule has 0 aliphatic heterocycles. The highest BCUT2D eigenvalue weighted by molar-refractivity contribution is 6.10. The van der Waals surface area contributed by atoms with Crippen molar-refractivity contribution in [2.45, 2.75) is 34.1 Å². The van der Waals surface area contributed by atoms with Crippen LogP contribution in [0.5, 0.6) is 0 Å². The van der Waals surface area contributed by atoms with Crippen LogP contribution in [0.2, 0.25) is 0 Å². The Hall–Kier alpha value is -3.12. The van der Waals surface area contributed by atoms with Crippen molar-refractivity contribution in [3.8, 4) is 11.3 Å². The molecule has 3 nitrogen and oxygen atoms in total. The molecule has 0 saturated carbocycles. The summed E-state index contributed by atoms with van der Waals surface area (Å²) in [5.74, 6) is 0. The van der Waals surface area contributed by atoms with Crippen molar-refractivity contribution in [1.82, 2.24) is 0 Å². The molecule has 2 aromatic carbocycles. The van der Waals surface area contributed by atoms with Crippen LogP contribution in [0, 0.1) is 18.9 Å². The quantitative estimate of drug-likeness (QED) is 0.290. The molecule has 0 N–H and O–H groups in total. The van der Waals surface area contributed by atoms with Gasteiger partial charge < -0.3 is 4.42 Å². The van der Waals surface area contributed by atoms with E-state index >= 15 is 0 Å². The average Bonchev–Trinajstić information content (AvgIpc) is 3.06. The zero-order valence-corrected chi connectivity index (χ0v) is 16.8. The minimum Gasteiger partial charge on any atom is -0.456 e. The molecular weight excluding hydrogens is 344 g/mol. The average molecular weight is 373 g/mol. The molecule has 28 heavy (non-hydrogen) atoms. The van der Waals surface area contributed by atoms with Gasteiger partial charge in [0, 0.05) is 25.6 Å². The predicted octanol–water partition coefficient (Wildman–Crippen LogP) is 6.53. The lowest BCUT2D eigenvalue weighted by Gasteiger charge is -2.18. The maximum atomic E-state index is 8.72. The number of aromatic nitrogens is 1. The molecule has 0 spiro atoms. The first kappa shape index (κ1) is 14.9. The monoisotopic (exact) mass is 372 g/mol. The Kier molecular flexibility index (Phi) is 3.45. The number of rotatable bonds is 2. The van der Waals surface area contributed by atoms with Gasteiger partial charge in [0.1, 0.15) is 19.6 Å². The van der Waals surface area contributed by atoms with Gasteiger partial charge in [-0.2, -0.15) is 0 Å². The van der Waals surface area contributed by atoms with Crippen molar-refractivity contribution in [3.05, 3.63) is 71.2 Å². The van der Waals surface area contributed by atoms with Crippen LogP contribution in [0.4, 0.5) is 5.69 Å².